The van der Waals surface area contributed by atoms with E-state index in [0.29, 0.717) is 27.9 Å². The quantitative estimate of drug-likeness (QED) is 0.387. The molecule has 2 aromatic carbocycles. The predicted molar refractivity (Wildman–Crippen MR) is 129 cm³/mol. The maximum atomic E-state index is 14.3. The van der Waals surface area contributed by atoms with Crippen molar-refractivity contribution in [3.05, 3.63) is 71.8 Å². The van der Waals surface area contributed by atoms with Crippen LogP contribution in [0, 0.1) is 11.7 Å². The highest BCUT2D eigenvalue weighted by molar-refractivity contribution is 6.30. The Balaban J connectivity index is 1.36. The van der Waals surface area contributed by atoms with Crippen LogP contribution in [0.1, 0.15) is 12.8 Å². The number of halogens is 2. The Morgan fingerprint density at radius 3 is 2.85 bits per heavy atom. The van der Waals surface area contributed by atoms with Gasteiger partial charge in [0.15, 0.2) is 0 Å². The molecule has 4 aromatic rings. The lowest BCUT2D eigenvalue weighted by Crippen LogP contribution is -2.30. The number of benzene rings is 2. The fraction of sp³-hybridized carbons (Fsp3) is 0.240. The van der Waals surface area contributed by atoms with E-state index in [1.54, 1.807) is 18.5 Å². The van der Waals surface area contributed by atoms with Gasteiger partial charge in [-0.2, -0.15) is 10.2 Å². The highest BCUT2D eigenvalue weighted by Crippen LogP contribution is 2.30. The standard InChI is InChI=1S/C25H23ClFN5O/c26-17-1-4-22(27)21(11-17)25-12-18(14-30-32-25)31-23-7-10-29-24-13-19(2-3-20(23)24)33-15-16-5-8-28-9-6-16/h1-4,7,10-14,16,28H,5-6,8-9,15H2,(H,29,31,32). The van der Waals surface area contributed by atoms with Crippen LogP contribution in [-0.2, 0) is 0 Å². The zero-order chi connectivity index (χ0) is 22.6. The summed E-state index contributed by atoms with van der Waals surface area (Å²) in [4.78, 5) is 4.50. The third-order valence-electron chi connectivity index (χ3n) is 5.80. The second-order valence-corrected chi connectivity index (χ2v) is 8.56. The lowest BCUT2D eigenvalue weighted by Gasteiger charge is -2.22. The summed E-state index contributed by atoms with van der Waals surface area (Å²) in [5.41, 5.74) is 3.06. The molecule has 8 heteroatoms. The van der Waals surface area contributed by atoms with Gasteiger partial charge in [0, 0.05) is 33.9 Å². The van der Waals surface area contributed by atoms with Crippen LogP contribution in [0.5, 0.6) is 5.75 Å². The maximum absolute atomic E-state index is 14.3. The monoisotopic (exact) mass is 463 g/mol. The molecule has 0 unspecified atom stereocenters. The molecule has 2 N–H and O–H groups in total. The Morgan fingerprint density at radius 1 is 1.09 bits per heavy atom. The molecule has 5 rings (SSSR count). The number of aromatic nitrogens is 3. The van der Waals surface area contributed by atoms with Crippen LogP contribution >= 0.6 is 11.6 Å². The van der Waals surface area contributed by atoms with Gasteiger partial charge >= 0.3 is 0 Å². The Morgan fingerprint density at radius 2 is 1.97 bits per heavy atom. The van der Waals surface area contributed by atoms with Crippen molar-refractivity contribution in [2.24, 2.45) is 5.92 Å². The van der Waals surface area contributed by atoms with Crippen LogP contribution in [-0.4, -0.2) is 34.9 Å². The Labute approximate surface area is 196 Å². The topological polar surface area (TPSA) is 72.0 Å². The zero-order valence-corrected chi connectivity index (χ0v) is 18.6. The first kappa shape index (κ1) is 21.6. The van der Waals surface area contributed by atoms with Crippen LogP contribution in [0.25, 0.3) is 22.2 Å². The molecular formula is C25H23ClFN5O. The summed E-state index contributed by atoms with van der Waals surface area (Å²) in [5.74, 6) is 0.993. The largest absolute Gasteiger partial charge is 0.493 e. The molecule has 33 heavy (non-hydrogen) atoms. The number of nitrogens with zero attached hydrogens (tertiary/aromatic N) is 3. The molecule has 1 aliphatic rings. The number of hydrogen-bond acceptors (Lipinski definition) is 6. The minimum Gasteiger partial charge on any atom is -0.493 e. The summed E-state index contributed by atoms with van der Waals surface area (Å²) in [6.45, 7) is 2.83. The van der Waals surface area contributed by atoms with Crippen molar-refractivity contribution in [2.75, 3.05) is 25.0 Å². The van der Waals surface area contributed by atoms with E-state index in [-0.39, 0.29) is 0 Å². The molecular weight excluding hydrogens is 441 g/mol. The number of pyridine rings is 1. The van der Waals surface area contributed by atoms with E-state index in [1.807, 2.05) is 24.3 Å². The highest BCUT2D eigenvalue weighted by atomic mass is 35.5. The van der Waals surface area contributed by atoms with E-state index in [0.717, 1.165) is 54.9 Å². The molecule has 0 bridgehead atoms. The van der Waals surface area contributed by atoms with E-state index in [9.17, 15) is 4.39 Å². The average molecular weight is 464 g/mol. The Kier molecular flexibility index (Phi) is 6.32. The van der Waals surface area contributed by atoms with Gasteiger partial charge in [0.25, 0.3) is 0 Å². The minimum atomic E-state index is -0.405. The third kappa shape index (κ3) is 5.05. The van der Waals surface area contributed by atoms with Gasteiger partial charge < -0.3 is 15.4 Å². The SMILES string of the molecule is Fc1ccc(Cl)cc1-c1cc(Nc2ccnc3cc(OCC4CCNCC4)ccc23)cnn1. The Hall–Kier alpha value is -3.29. The summed E-state index contributed by atoms with van der Waals surface area (Å²) in [5, 5.41) is 16.2. The van der Waals surface area contributed by atoms with E-state index >= 15 is 0 Å². The van der Waals surface area contributed by atoms with Crippen LogP contribution < -0.4 is 15.4 Å². The fourth-order valence-electron chi connectivity index (χ4n) is 4.01. The van der Waals surface area contributed by atoms with E-state index in [4.69, 9.17) is 16.3 Å². The number of ether oxygens (including phenoxy) is 1. The normalized spacial score (nSPS) is 14.4. The van der Waals surface area contributed by atoms with Gasteiger partial charge in [0.2, 0.25) is 0 Å². The molecule has 0 spiro atoms. The first-order chi connectivity index (χ1) is 16.2. The minimum absolute atomic E-state index is 0.300. The number of piperidine rings is 1. The second-order valence-electron chi connectivity index (χ2n) is 8.12. The van der Waals surface area contributed by atoms with Crippen molar-refractivity contribution in [3.8, 4) is 17.0 Å². The highest BCUT2D eigenvalue weighted by Gasteiger charge is 2.14. The molecule has 168 valence electrons. The molecule has 0 radical (unpaired) electrons. The smallest absolute Gasteiger partial charge is 0.132 e. The van der Waals surface area contributed by atoms with Crippen LogP contribution in [0.15, 0.2) is 60.9 Å². The summed E-state index contributed by atoms with van der Waals surface area (Å²) in [6, 6.07) is 13.9. The van der Waals surface area contributed by atoms with Gasteiger partial charge in [-0.25, -0.2) is 4.39 Å². The molecule has 1 aliphatic heterocycles. The van der Waals surface area contributed by atoms with Crippen LogP contribution in [0.4, 0.5) is 15.8 Å². The molecule has 0 amide bonds. The Bertz CT molecular complexity index is 1280. The molecule has 2 aromatic heterocycles. The fourth-order valence-corrected chi connectivity index (χ4v) is 4.18. The molecule has 1 saturated heterocycles. The number of rotatable bonds is 6. The second kappa shape index (κ2) is 9.68. The number of hydrogen-bond donors (Lipinski definition) is 2. The molecule has 0 saturated carbocycles. The summed E-state index contributed by atoms with van der Waals surface area (Å²) in [6.07, 6.45) is 5.62. The average Bonchev–Trinajstić information content (AvgIpc) is 2.85. The van der Waals surface area contributed by atoms with Crippen molar-refractivity contribution >= 4 is 33.9 Å². The number of nitrogens with one attached hydrogen (secondary N) is 2. The lowest BCUT2D eigenvalue weighted by atomic mass is 9.99. The first-order valence-electron chi connectivity index (χ1n) is 10.9. The van der Waals surface area contributed by atoms with Gasteiger partial charge in [-0.1, -0.05) is 11.6 Å². The summed E-state index contributed by atoms with van der Waals surface area (Å²) in [7, 11) is 0. The first-order valence-corrected chi connectivity index (χ1v) is 11.3. The van der Waals surface area contributed by atoms with Crippen molar-refractivity contribution in [3.63, 3.8) is 0 Å². The molecule has 0 aliphatic carbocycles. The van der Waals surface area contributed by atoms with Crippen LogP contribution in [0.3, 0.4) is 0 Å². The van der Waals surface area contributed by atoms with Gasteiger partial charge in [-0.15, -0.1) is 0 Å². The van der Waals surface area contributed by atoms with Crippen molar-refractivity contribution in [1.82, 2.24) is 20.5 Å². The molecule has 3 heterocycles. The summed E-state index contributed by atoms with van der Waals surface area (Å²) < 4.78 is 20.3. The predicted octanol–water partition coefficient (Wildman–Crippen LogP) is 5.61. The third-order valence-corrected chi connectivity index (χ3v) is 6.03. The lowest BCUT2D eigenvalue weighted by molar-refractivity contribution is 0.215. The number of fused-ring (bicyclic) bond motifs is 1. The maximum Gasteiger partial charge on any atom is 0.132 e. The zero-order valence-electron chi connectivity index (χ0n) is 17.9. The van der Waals surface area contributed by atoms with Gasteiger partial charge in [0.1, 0.15) is 11.6 Å². The van der Waals surface area contributed by atoms with Gasteiger partial charge in [0.05, 0.1) is 29.7 Å². The molecule has 1 fully saturated rings. The van der Waals surface area contributed by atoms with Crippen molar-refractivity contribution in [2.45, 2.75) is 12.8 Å². The van der Waals surface area contributed by atoms with E-state index in [1.165, 1.54) is 18.2 Å². The van der Waals surface area contributed by atoms with Gasteiger partial charge in [-0.05, 0) is 74.3 Å². The van der Waals surface area contributed by atoms with Gasteiger partial charge in [-0.3, -0.25) is 4.98 Å². The van der Waals surface area contributed by atoms with Crippen molar-refractivity contribution < 1.29 is 9.13 Å². The molecule has 0 atom stereocenters. The van der Waals surface area contributed by atoms with E-state index in [2.05, 4.69) is 25.8 Å². The van der Waals surface area contributed by atoms with E-state index < -0.39 is 5.82 Å². The number of anilines is 2. The summed E-state index contributed by atoms with van der Waals surface area (Å²) >= 11 is 6.03. The van der Waals surface area contributed by atoms with Crippen molar-refractivity contribution in [1.29, 1.82) is 0 Å². The molecule has 6 nitrogen and oxygen atoms in total. The van der Waals surface area contributed by atoms with Crippen LogP contribution in [0.2, 0.25) is 5.02 Å².